The Kier molecular flexibility index (Phi) is 5.08. The number of carbonyl (C=O) groups is 2. The van der Waals surface area contributed by atoms with E-state index in [0.29, 0.717) is 24.1 Å². The molecule has 0 saturated carbocycles. The maximum Gasteiger partial charge on any atom is 0.297 e. The van der Waals surface area contributed by atoms with Gasteiger partial charge in [-0.05, 0) is 42.5 Å². The topological polar surface area (TPSA) is 84.7 Å². The first-order chi connectivity index (χ1) is 12.0. The summed E-state index contributed by atoms with van der Waals surface area (Å²) in [5.41, 5.74) is 0.826. The largest absolute Gasteiger partial charge is 0.492 e. The lowest BCUT2D eigenvalue weighted by atomic mass is 10.2. The van der Waals surface area contributed by atoms with E-state index in [-0.39, 0.29) is 11.1 Å². The molecule has 130 valence electrons. The summed E-state index contributed by atoms with van der Waals surface area (Å²) in [5.74, 6) is 1.13. The third kappa shape index (κ3) is 4.42. The summed E-state index contributed by atoms with van der Waals surface area (Å²) < 4.78 is 11.1. The Bertz CT molecular complexity index is 814. The number of amides is 2. The van der Waals surface area contributed by atoms with Gasteiger partial charge in [0, 0.05) is 7.05 Å². The van der Waals surface area contributed by atoms with Crippen LogP contribution in [0.2, 0.25) is 0 Å². The van der Waals surface area contributed by atoms with Crippen molar-refractivity contribution in [3.8, 4) is 5.75 Å². The molecule has 1 N–H and O–H groups in total. The van der Waals surface area contributed by atoms with Gasteiger partial charge in [0.15, 0.2) is 0 Å². The minimum absolute atomic E-state index is 0.346. The highest BCUT2D eigenvalue weighted by Gasteiger charge is 2.24. The van der Waals surface area contributed by atoms with Gasteiger partial charge in [-0.3, -0.25) is 14.9 Å². The number of carbonyl (C=O) groups excluding carboxylic acids is 2. The number of likely N-dealkylation sites (N-methyl/N-ethyl adjacent to an activating group) is 1. The summed E-state index contributed by atoms with van der Waals surface area (Å²) in [6, 6.07) is 7.87. The predicted molar refractivity (Wildman–Crippen MR) is 95.6 cm³/mol. The van der Waals surface area contributed by atoms with Crippen molar-refractivity contribution < 1.29 is 18.7 Å². The van der Waals surface area contributed by atoms with Crippen molar-refractivity contribution >= 4 is 35.0 Å². The monoisotopic (exact) mass is 359 g/mol. The first kappa shape index (κ1) is 17.1. The second kappa shape index (κ2) is 7.43. The number of benzene rings is 1. The number of hydrogen-bond acceptors (Lipinski definition) is 7. The zero-order valence-electron chi connectivity index (χ0n) is 13.8. The molecule has 0 spiro atoms. The highest BCUT2D eigenvalue weighted by Crippen LogP contribution is 2.26. The van der Waals surface area contributed by atoms with Crippen molar-refractivity contribution in [1.29, 1.82) is 0 Å². The number of aromatic nitrogens is 1. The molecule has 2 heterocycles. The molecule has 2 amide bonds. The van der Waals surface area contributed by atoms with E-state index in [9.17, 15) is 9.59 Å². The minimum Gasteiger partial charge on any atom is -0.492 e. The van der Waals surface area contributed by atoms with E-state index in [2.05, 4.69) is 10.3 Å². The van der Waals surface area contributed by atoms with Gasteiger partial charge in [0.05, 0.1) is 17.6 Å². The van der Waals surface area contributed by atoms with Crippen molar-refractivity contribution in [3.63, 3.8) is 0 Å². The number of anilines is 1. The number of oxazole rings is 1. The van der Waals surface area contributed by atoms with Crippen LogP contribution in [0.4, 0.5) is 10.8 Å². The van der Waals surface area contributed by atoms with Gasteiger partial charge in [0.25, 0.3) is 17.2 Å². The number of ether oxygens (including phenoxy) is 1. The quantitative estimate of drug-likeness (QED) is 0.794. The molecule has 0 unspecified atom stereocenters. The summed E-state index contributed by atoms with van der Waals surface area (Å²) in [6.07, 6.45) is 3.35. The van der Waals surface area contributed by atoms with Crippen molar-refractivity contribution in [2.24, 2.45) is 0 Å². The van der Waals surface area contributed by atoms with Crippen molar-refractivity contribution in [2.75, 3.05) is 25.1 Å². The van der Waals surface area contributed by atoms with E-state index in [1.54, 1.807) is 12.3 Å². The van der Waals surface area contributed by atoms with Crippen LogP contribution in [0.3, 0.4) is 0 Å². The van der Waals surface area contributed by atoms with Gasteiger partial charge in [0.1, 0.15) is 18.1 Å². The summed E-state index contributed by atoms with van der Waals surface area (Å²) in [4.78, 5) is 29.1. The van der Waals surface area contributed by atoms with Crippen LogP contribution in [0.1, 0.15) is 11.3 Å². The van der Waals surface area contributed by atoms with Gasteiger partial charge in [0.2, 0.25) is 0 Å². The van der Waals surface area contributed by atoms with E-state index < -0.39 is 0 Å². The Hall–Kier alpha value is -2.74. The van der Waals surface area contributed by atoms with Crippen LogP contribution in [0.5, 0.6) is 5.75 Å². The van der Waals surface area contributed by atoms with Gasteiger partial charge in [-0.2, -0.15) is 0 Å². The van der Waals surface area contributed by atoms with E-state index in [0.717, 1.165) is 28.8 Å². The smallest absolute Gasteiger partial charge is 0.297 e. The van der Waals surface area contributed by atoms with Crippen molar-refractivity contribution in [1.82, 2.24) is 10.3 Å². The third-order valence-electron chi connectivity index (χ3n) is 3.45. The van der Waals surface area contributed by atoms with E-state index in [1.807, 2.05) is 43.1 Å². The highest BCUT2D eigenvalue weighted by atomic mass is 32.2. The summed E-state index contributed by atoms with van der Waals surface area (Å²) >= 11 is 0.899. The molecule has 2 aromatic rings. The maximum atomic E-state index is 11.5. The van der Waals surface area contributed by atoms with Gasteiger partial charge in [-0.25, -0.2) is 4.98 Å². The molecule has 0 radical (unpaired) electrons. The SMILES string of the molecule is Cc1cnc(N(C)CCOc2ccc(/C=C3/SC(=O)NC3=O)cc2)o1. The number of nitrogens with one attached hydrogen (secondary N) is 1. The molecule has 25 heavy (non-hydrogen) atoms. The zero-order valence-corrected chi connectivity index (χ0v) is 14.6. The van der Waals surface area contributed by atoms with E-state index in [1.165, 1.54) is 0 Å². The van der Waals surface area contributed by atoms with Gasteiger partial charge in [-0.1, -0.05) is 12.1 Å². The van der Waals surface area contributed by atoms with Crippen molar-refractivity contribution in [2.45, 2.75) is 6.92 Å². The molecule has 1 saturated heterocycles. The Morgan fingerprint density at radius 1 is 1.32 bits per heavy atom. The molecular formula is C17H17N3O4S. The highest BCUT2D eigenvalue weighted by molar-refractivity contribution is 8.18. The molecule has 1 aromatic carbocycles. The Labute approximate surface area is 149 Å². The Balaban J connectivity index is 1.52. The molecule has 0 atom stereocenters. The van der Waals surface area contributed by atoms with E-state index >= 15 is 0 Å². The summed E-state index contributed by atoms with van der Waals surface area (Å²) in [5, 5.41) is 1.88. The summed E-state index contributed by atoms with van der Waals surface area (Å²) in [6.45, 7) is 2.96. The fourth-order valence-corrected chi connectivity index (χ4v) is 2.83. The number of nitrogens with zero attached hydrogens (tertiary/aromatic N) is 2. The number of thioether (sulfide) groups is 1. The van der Waals surface area contributed by atoms with Crippen LogP contribution in [-0.2, 0) is 4.79 Å². The third-order valence-corrected chi connectivity index (χ3v) is 4.26. The molecule has 7 nitrogen and oxygen atoms in total. The van der Waals surface area contributed by atoms with Gasteiger partial charge >= 0.3 is 0 Å². The molecule has 1 fully saturated rings. The number of aryl methyl sites for hydroxylation is 1. The van der Waals surface area contributed by atoms with Crippen LogP contribution >= 0.6 is 11.8 Å². The van der Waals surface area contributed by atoms with Crippen LogP contribution < -0.4 is 15.0 Å². The van der Waals surface area contributed by atoms with Crippen LogP contribution in [0.15, 0.2) is 39.8 Å². The second-order valence-electron chi connectivity index (χ2n) is 5.44. The standard InChI is InChI=1S/C17H17N3O4S/c1-11-10-18-16(24-11)20(2)7-8-23-13-5-3-12(4-6-13)9-14-15(21)19-17(22)25-14/h3-6,9-10H,7-8H2,1-2H3,(H,19,21,22)/b14-9+. The molecule has 1 aromatic heterocycles. The molecule has 0 bridgehead atoms. The molecule has 0 aliphatic carbocycles. The number of rotatable bonds is 6. The molecule has 1 aliphatic heterocycles. The predicted octanol–water partition coefficient (Wildman–Crippen LogP) is 2.82. The van der Waals surface area contributed by atoms with Crippen LogP contribution in [-0.4, -0.2) is 36.3 Å². The van der Waals surface area contributed by atoms with Crippen molar-refractivity contribution in [3.05, 3.63) is 46.7 Å². The lowest BCUT2D eigenvalue weighted by Crippen LogP contribution is -2.23. The fraction of sp³-hybridized carbons (Fsp3) is 0.235. The normalized spacial score (nSPS) is 15.5. The summed E-state index contributed by atoms with van der Waals surface area (Å²) in [7, 11) is 1.88. The van der Waals surface area contributed by atoms with E-state index in [4.69, 9.17) is 9.15 Å². The lowest BCUT2D eigenvalue weighted by Gasteiger charge is -2.15. The number of hydrogen-bond donors (Lipinski definition) is 1. The average Bonchev–Trinajstić information content (AvgIpc) is 3.14. The molecule has 8 heteroatoms. The maximum absolute atomic E-state index is 11.5. The second-order valence-corrected chi connectivity index (χ2v) is 6.46. The van der Waals surface area contributed by atoms with Crippen LogP contribution in [0, 0.1) is 6.92 Å². The van der Waals surface area contributed by atoms with Crippen LogP contribution in [0.25, 0.3) is 6.08 Å². The number of imide groups is 1. The fourth-order valence-electron chi connectivity index (χ4n) is 2.15. The molecule has 1 aliphatic rings. The Morgan fingerprint density at radius 2 is 2.08 bits per heavy atom. The average molecular weight is 359 g/mol. The zero-order chi connectivity index (χ0) is 17.8. The lowest BCUT2D eigenvalue weighted by molar-refractivity contribution is -0.115. The molecule has 3 rings (SSSR count). The van der Waals surface area contributed by atoms with Gasteiger partial charge < -0.3 is 14.1 Å². The first-order valence-corrected chi connectivity index (χ1v) is 8.44. The Morgan fingerprint density at radius 3 is 2.68 bits per heavy atom. The molecular weight excluding hydrogens is 342 g/mol. The first-order valence-electron chi connectivity index (χ1n) is 7.62. The van der Waals surface area contributed by atoms with Gasteiger partial charge in [-0.15, -0.1) is 0 Å². The minimum atomic E-state index is -0.361.